The molecule has 0 radical (unpaired) electrons. The van der Waals surface area contributed by atoms with Crippen molar-refractivity contribution in [1.82, 2.24) is 4.90 Å². The summed E-state index contributed by atoms with van der Waals surface area (Å²) in [4.78, 5) is 2.19. The lowest BCUT2D eigenvalue weighted by Gasteiger charge is -2.20. The Bertz CT molecular complexity index is 287. The minimum Gasteiger partial charge on any atom is -0.402 e. The predicted molar refractivity (Wildman–Crippen MR) is 64.8 cm³/mol. The van der Waals surface area contributed by atoms with Gasteiger partial charge in [-0.25, -0.2) is 0 Å². The average molecular weight is 207 g/mol. The maximum atomic E-state index is 7.82. The SMILES string of the molecule is C=C(C(=N)/C=C(/C)N)N1CCC(CC)C1. The van der Waals surface area contributed by atoms with E-state index < -0.39 is 0 Å². The van der Waals surface area contributed by atoms with E-state index in [1.807, 2.05) is 0 Å². The van der Waals surface area contributed by atoms with E-state index in [1.165, 1.54) is 12.8 Å². The Morgan fingerprint density at radius 1 is 1.67 bits per heavy atom. The quantitative estimate of drug-likeness (QED) is 0.694. The van der Waals surface area contributed by atoms with E-state index in [1.54, 1.807) is 13.0 Å². The lowest BCUT2D eigenvalue weighted by molar-refractivity contribution is 0.419. The summed E-state index contributed by atoms with van der Waals surface area (Å²) in [5.41, 5.74) is 7.44. The van der Waals surface area contributed by atoms with Crippen molar-refractivity contribution in [3.63, 3.8) is 0 Å². The molecule has 1 unspecified atom stereocenters. The van der Waals surface area contributed by atoms with Crippen LogP contribution in [0, 0.1) is 11.3 Å². The molecule has 0 aromatic rings. The van der Waals surface area contributed by atoms with Crippen molar-refractivity contribution in [2.45, 2.75) is 26.7 Å². The average Bonchev–Trinajstić information content (AvgIpc) is 2.63. The Hall–Kier alpha value is -1.25. The fraction of sp³-hybridized carbons (Fsp3) is 0.583. The van der Waals surface area contributed by atoms with Gasteiger partial charge in [0.1, 0.15) is 0 Å². The van der Waals surface area contributed by atoms with Crippen molar-refractivity contribution in [3.8, 4) is 0 Å². The van der Waals surface area contributed by atoms with Crippen molar-refractivity contribution >= 4 is 5.71 Å². The molecule has 1 fully saturated rings. The summed E-state index contributed by atoms with van der Waals surface area (Å²) in [6.45, 7) is 10.0. The first-order valence-electron chi connectivity index (χ1n) is 5.51. The zero-order valence-electron chi connectivity index (χ0n) is 9.71. The molecule has 1 aliphatic rings. The molecule has 0 saturated carbocycles. The number of allylic oxidation sites excluding steroid dienone is 2. The Balaban J connectivity index is 2.55. The van der Waals surface area contributed by atoms with Gasteiger partial charge in [-0.15, -0.1) is 0 Å². The summed E-state index contributed by atoms with van der Waals surface area (Å²) in [5, 5.41) is 7.82. The number of hydrogen-bond donors (Lipinski definition) is 2. The molecule has 1 saturated heterocycles. The smallest absolute Gasteiger partial charge is 0.0784 e. The van der Waals surface area contributed by atoms with Crippen LogP contribution >= 0.6 is 0 Å². The van der Waals surface area contributed by atoms with Gasteiger partial charge in [-0.05, 0) is 25.3 Å². The largest absolute Gasteiger partial charge is 0.402 e. The molecule has 0 aromatic carbocycles. The number of rotatable bonds is 4. The second kappa shape index (κ2) is 5.01. The third-order valence-corrected chi connectivity index (χ3v) is 2.93. The van der Waals surface area contributed by atoms with Crippen LogP contribution in [-0.4, -0.2) is 23.7 Å². The van der Waals surface area contributed by atoms with Gasteiger partial charge in [-0.2, -0.15) is 0 Å². The molecule has 1 rings (SSSR count). The third-order valence-electron chi connectivity index (χ3n) is 2.93. The predicted octanol–water partition coefficient (Wildman–Crippen LogP) is 2.11. The van der Waals surface area contributed by atoms with E-state index >= 15 is 0 Å². The van der Waals surface area contributed by atoms with Gasteiger partial charge in [0.05, 0.1) is 11.4 Å². The summed E-state index contributed by atoms with van der Waals surface area (Å²) >= 11 is 0. The highest BCUT2D eigenvalue weighted by atomic mass is 15.2. The summed E-state index contributed by atoms with van der Waals surface area (Å²) in [6, 6.07) is 0. The number of nitrogens with one attached hydrogen (secondary N) is 1. The van der Waals surface area contributed by atoms with Crippen LogP contribution < -0.4 is 5.73 Å². The van der Waals surface area contributed by atoms with Gasteiger partial charge in [0.2, 0.25) is 0 Å². The zero-order chi connectivity index (χ0) is 11.4. The van der Waals surface area contributed by atoms with E-state index in [0.29, 0.717) is 11.4 Å². The van der Waals surface area contributed by atoms with Crippen LogP contribution in [0.15, 0.2) is 24.0 Å². The molecule has 0 aromatic heterocycles. The molecule has 1 aliphatic heterocycles. The Morgan fingerprint density at radius 3 is 2.80 bits per heavy atom. The highest BCUT2D eigenvalue weighted by Crippen LogP contribution is 2.22. The number of nitrogens with zero attached hydrogens (tertiary/aromatic N) is 1. The van der Waals surface area contributed by atoms with Crippen LogP contribution in [0.5, 0.6) is 0 Å². The van der Waals surface area contributed by atoms with E-state index in [-0.39, 0.29) is 0 Å². The van der Waals surface area contributed by atoms with Crippen molar-refractivity contribution in [3.05, 3.63) is 24.0 Å². The first-order valence-corrected chi connectivity index (χ1v) is 5.51. The molecule has 0 amide bonds. The van der Waals surface area contributed by atoms with Gasteiger partial charge in [0.15, 0.2) is 0 Å². The fourth-order valence-corrected chi connectivity index (χ4v) is 1.89. The topological polar surface area (TPSA) is 53.1 Å². The summed E-state index contributed by atoms with van der Waals surface area (Å²) in [7, 11) is 0. The highest BCUT2D eigenvalue weighted by molar-refractivity contribution is 6.05. The van der Waals surface area contributed by atoms with Crippen molar-refractivity contribution < 1.29 is 0 Å². The van der Waals surface area contributed by atoms with Crippen LogP contribution in [0.3, 0.4) is 0 Å². The number of likely N-dealkylation sites (tertiary alicyclic amines) is 1. The van der Waals surface area contributed by atoms with E-state index in [2.05, 4.69) is 18.4 Å². The van der Waals surface area contributed by atoms with Crippen LogP contribution in [-0.2, 0) is 0 Å². The molecule has 15 heavy (non-hydrogen) atoms. The summed E-state index contributed by atoms with van der Waals surface area (Å²) in [6.07, 6.45) is 4.10. The van der Waals surface area contributed by atoms with E-state index in [9.17, 15) is 0 Å². The van der Waals surface area contributed by atoms with Gasteiger partial charge >= 0.3 is 0 Å². The van der Waals surface area contributed by atoms with Gasteiger partial charge in [0, 0.05) is 18.8 Å². The van der Waals surface area contributed by atoms with Gasteiger partial charge in [-0.3, -0.25) is 5.41 Å². The summed E-state index contributed by atoms with van der Waals surface area (Å²) < 4.78 is 0. The van der Waals surface area contributed by atoms with Crippen molar-refractivity contribution in [1.29, 1.82) is 5.41 Å². The molecular weight excluding hydrogens is 186 g/mol. The Kier molecular flexibility index (Phi) is 3.95. The second-order valence-corrected chi connectivity index (χ2v) is 4.26. The van der Waals surface area contributed by atoms with Gasteiger partial charge in [0.25, 0.3) is 0 Å². The van der Waals surface area contributed by atoms with Gasteiger partial charge < -0.3 is 10.6 Å². The lowest BCUT2D eigenvalue weighted by atomic mass is 10.1. The normalized spacial score (nSPS) is 21.9. The molecule has 1 heterocycles. The first kappa shape index (κ1) is 11.8. The van der Waals surface area contributed by atoms with E-state index in [4.69, 9.17) is 11.1 Å². The van der Waals surface area contributed by atoms with Gasteiger partial charge in [-0.1, -0.05) is 19.9 Å². The molecular formula is C12H21N3. The minimum absolute atomic E-state index is 0.437. The minimum atomic E-state index is 0.437. The monoisotopic (exact) mass is 207 g/mol. The molecule has 3 N–H and O–H groups in total. The highest BCUT2D eigenvalue weighted by Gasteiger charge is 2.22. The molecule has 1 atom stereocenters. The van der Waals surface area contributed by atoms with Crippen molar-refractivity contribution in [2.24, 2.45) is 11.7 Å². The van der Waals surface area contributed by atoms with E-state index in [0.717, 1.165) is 24.7 Å². The zero-order valence-corrected chi connectivity index (χ0v) is 9.71. The van der Waals surface area contributed by atoms with Crippen LogP contribution in [0.25, 0.3) is 0 Å². The molecule has 84 valence electrons. The molecule has 0 aliphatic carbocycles. The third kappa shape index (κ3) is 3.11. The Morgan fingerprint density at radius 2 is 2.33 bits per heavy atom. The lowest BCUT2D eigenvalue weighted by Crippen LogP contribution is -2.24. The number of nitrogens with two attached hydrogens (primary N) is 1. The molecule has 0 spiro atoms. The van der Waals surface area contributed by atoms with Crippen LogP contribution in [0.2, 0.25) is 0 Å². The van der Waals surface area contributed by atoms with Crippen LogP contribution in [0.1, 0.15) is 26.7 Å². The van der Waals surface area contributed by atoms with Crippen LogP contribution in [0.4, 0.5) is 0 Å². The fourth-order valence-electron chi connectivity index (χ4n) is 1.89. The maximum absolute atomic E-state index is 7.82. The maximum Gasteiger partial charge on any atom is 0.0784 e. The molecule has 3 heteroatoms. The van der Waals surface area contributed by atoms with Crippen molar-refractivity contribution in [2.75, 3.05) is 13.1 Å². The number of hydrogen-bond acceptors (Lipinski definition) is 3. The first-order chi connectivity index (χ1) is 7.04. The summed E-state index contributed by atoms with van der Waals surface area (Å²) in [5.74, 6) is 0.762. The Labute approximate surface area is 92.2 Å². The standard InChI is InChI=1S/C12H21N3/c1-4-11-5-6-15(8-11)10(3)12(14)7-9(2)13/h7,11,14H,3-6,8,13H2,1-2H3/b9-7-,14-12?. The second-order valence-electron chi connectivity index (χ2n) is 4.26. The molecule has 0 bridgehead atoms. The molecule has 3 nitrogen and oxygen atoms in total.